The Hall–Kier alpha value is -1.87. The Kier molecular flexibility index (Phi) is 5.13. The molecule has 0 unspecified atom stereocenters. The Balaban J connectivity index is 1.95. The summed E-state index contributed by atoms with van der Waals surface area (Å²) in [6.45, 7) is 6.49. The first-order valence-electron chi connectivity index (χ1n) is 7.12. The molecule has 106 valence electrons. The molecule has 20 heavy (non-hydrogen) atoms. The zero-order valence-electron chi connectivity index (χ0n) is 12.3. The van der Waals surface area contributed by atoms with Crippen LogP contribution in [0.2, 0.25) is 0 Å². The standard InChI is InChI=1S/C17H23N3/c1-14(2)20(12-9-15-7-10-19-11-8-15)13-16-3-5-17(18)6-4-16/h3-8,10-11,14H,9,12-13,18H2,1-2H3. The van der Waals surface area contributed by atoms with E-state index >= 15 is 0 Å². The summed E-state index contributed by atoms with van der Waals surface area (Å²) < 4.78 is 0. The lowest BCUT2D eigenvalue weighted by atomic mass is 10.1. The summed E-state index contributed by atoms with van der Waals surface area (Å²) in [6.07, 6.45) is 4.76. The number of nitrogen functional groups attached to an aromatic ring is 1. The van der Waals surface area contributed by atoms with Crippen molar-refractivity contribution < 1.29 is 0 Å². The maximum atomic E-state index is 5.73. The van der Waals surface area contributed by atoms with Gasteiger partial charge in [0.1, 0.15) is 0 Å². The highest BCUT2D eigenvalue weighted by Crippen LogP contribution is 2.12. The minimum absolute atomic E-state index is 0.523. The summed E-state index contributed by atoms with van der Waals surface area (Å²) in [6, 6.07) is 12.8. The van der Waals surface area contributed by atoms with Crippen LogP contribution in [-0.2, 0) is 13.0 Å². The van der Waals surface area contributed by atoms with Crippen molar-refractivity contribution in [3.05, 3.63) is 59.9 Å². The maximum absolute atomic E-state index is 5.73. The molecule has 2 aromatic rings. The van der Waals surface area contributed by atoms with Crippen LogP contribution in [0, 0.1) is 0 Å². The third-order valence-corrected chi connectivity index (χ3v) is 3.53. The van der Waals surface area contributed by atoms with Crippen LogP contribution in [0.4, 0.5) is 5.69 Å². The largest absolute Gasteiger partial charge is 0.399 e. The Bertz CT molecular complexity index is 506. The first-order valence-corrected chi connectivity index (χ1v) is 7.12. The molecule has 2 rings (SSSR count). The van der Waals surface area contributed by atoms with Gasteiger partial charge in [0, 0.05) is 37.2 Å². The van der Waals surface area contributed by atoms with E-state index in [1.807, 2.05) is 24.5 Å². The molecule has 2 N–H and O–H groups in total. The summed E-state index contributed by atoms with van der Waals surface area (Å²) in [4.78, 5) is 6.54. The lowest BCUT2D eigenvalue weighted by Crippen LogP contribution is -2.32. The highest BCUT2D eigenvalue weighted by atomic mass is 15.1. The van der Waals surface area contributed by atoms with E-state index in [9.17, 15) is 0 Å². The van der Waals surface area contributed by atoms with E-state index in [2.05, 4.69) is 48.0 Å². The number of nitrogens with zero attached hydrogens (tertiary/aromatic N) is 2. The van der Waals surface area contributed by atoms with Gasteiger partial charge in [0.15, 0.2) is 0 Å². The normalized spacial score (nSPS) is 11.2. The van der Waals surface area contributed by atoms with Crippen molar-refractivity contribution in [2.24, 2.45) is 0 Å². The molecule has 0 aliphatic rings. The number of hydrogen-bond acceptors (Lipinski definition) is 3. The van der Waals surface area contributed by atoms with Crippen LogP contribution in [0.1, 0.15) is 25.0 Å². The van der Waals surface area contributed by atoms with Gasteiger partial charge in [0.25, 0.3) is 0 Å². The lowest BCUT2D eigenvalue weighted by molar-refractivity contribution is 0.215. The quantitative estimate of drug-likeness (QED) is 0.819. The molecule has 0 aliphatic carbocycles. The van der Waals surface area contributed by atoms with Crippen LogP contribution in [-0.4, -0.2) is 22.5 Å². The van der Waals surface area contributed by atoms with Gasteiger partial charge in [-0.3, -0.25) is 9.88 Å². The predicted octanol–water partition coefficient (Wildman–Crippen LogP) is 3.12. The van der Waals surface area contributed by atoms with Gasteiger partial charge in [0.05, 0.1) is 0 Å². The van der Waals surface area contributed by atoms with Gasteiger partial charge in [-0.1, -0.05) is 12.1 Å². The van der Waals surface area contributed by atoms with Crippen molar-refractivity contribution >= 4 is 5.69 Å². The Labute approximate surface area is 121 Å². The Morgan fingerprint density at radius 2 is 1.65 bits per heavy atom. The monoisotopic (exact) mass is 269 g/mol. The van der Waals surface area contributed by atoms with Crippen LogP contribution >= 0.6 is 0 Å². The first-order chi connectivity index (χ1) is 9.65. The smallest absolute Gasteiger partial charge is 0.0314 e. The van der Waals surface area contributed by atoms with Crippen molar-refractivity contribution in [2.75, 3.05) is 12.3 Å². The summed E-state index contributed by atoms with van der Waals surface area (Å²) in [7, 11) is 0. The minimum Gasteiger partial charge on any atom is -0.399 e. The molecule has 0 atom stereocenters. The highest BCUT2D eigenvalue weighted by Gasteiger charge is 2.10. The van der Waals surface area contributed by atoms with Crippen molar-refractivity contribution in [1.29, 1.82) is 0 Å². The Morgan fingerprint density at radius 3 is 2.25 bits per heavy atom. The fourth-order valence-corrected chi connectivity index (χ4v) is 2.20. The van der Waals surface area contributed by atoms with Gasteiger partial charge in [-0.05, 0) is 55.7 Å². The van der Waals surface area contributed by atoms with Gasteiger partial charge in [-0.25, -0.2) is 0 Å². The SMILES string of the molecule is CC(C)N(CCc1ccncc1)Cc1ccc(N)cc1. The number of benzene rings is 1. The van der Waals surface area contributed by atoms with Crippen molar-refractivity contribution in [3.8, 4) is 0 Å². The number of pyridine rings is 1. The minimum atomic E-state index is 0.523. The van der Waals surface area contributed by atoms with E-state index in [-0.39, 0.29) is 0 Å². The second-order valence-electron chi connectivity index (χ2n) is 5.41. The second-order valence-corrected chi connectivity index (χ2v) is 5.41. The van der Waals surface area contributed by atoms with Gasteiger partial charge in [-0.15, -0.1) is 0 Å². The van der Waals surface area contributed by atoms with Crippen LogP contribution in [0.3, 0.4) is 0 Å². The van der Waals surface area contributed by atoms with E-state index in [1.165, 1.54) is 11.1 Å². The summed E-state index contributed by atoms with van der Waals surface area (Å²) >= 11 is 0. The number of hydrogen-bond donors (Lipinski definition) is 1. The molecule has 0 bridgehead atoms. The fraction of sp³-hybridized carbons (Fsp3) is 0.353. The van der Waals surface area contributed by atoms with Gasteiger partial charge in [-0.2, -0.15) is 0 Å². The summed E-state index contributed by atoms with van der Waals surface area (Å²) in [5, 5.41) is 0. The topological polar surface area (TPSA) is 42.2 Å². The molecule has 1 aromatic heterocycles. The summed E-state index contributed by atoms with van der Waals surface area (Å²) in [5.74, 6) is 0. The molecule has 3 nitrogen and oxygen atoms in total. The van der Waals surface area contributed by atoms with Crippen molar-refractivity contribution in [2.45, 2.75) is 32.9 Å². The van der Waals surface area contributed by atoms with Gasteiger partial charge >= 0.3 is 0 Å². The zero-order valence-corrected chi connectivity index (χ0v) is 12.3. The van der Waals surface area contributed by atoms with Gasteiger partial charge in [0.2, 0.25) is 0 Å². The molecular formula is C17H23N3. The average Bonchev–Trinajstić information content (AvgIpc) is 2.46. The Morgan fingerprint density at radius 1 is 1.00 bits per heavy atom. The van der Waals surface area contributed by atoms with Crippen LogP contribution < -0.4 is 5.73 Å². The van der Waals surface area contributed by atoms with Crippen LogP contribution in [0.15, 0.2) is 48.8 Å². The third-order valence-electron chi connectivity index (χ3n) is 3.53. The molecule has 0 saturated heterocycles. The second kappa shape index (κ2) is 7.06. The third kappa shape index (κ3) is 4.35. The number of rotatable bonds is 6. The molecular weight excluding hydrogens is 246 g/mol. The molecule has 1 aromatic carbocycles. The molecule has 3 heteroatoms. The zero-order chi connectivity index (χ0) is 14.4. The fourth-order valence-electron chi connectivity index (χ4n) is 2.20. The molecule has 0 amide bonds. The van der Waals surface area contributed by atoms with Crippen molar-refractivity contribution in [3.63, 3.8) is 0 Å². The lowest BCUT2D eigenvalue weighted by Gasteiger charge is -2.26. The molecule has 0 saturated carbocycles. The van der Waals surface area contributed by atoms with E-state index in [4.69, 9.17) is 5.73 Å². The van der Waals surface area contributed by atoms with Crippen LogP contribution in [0.5, 0.6) is 0 Å². The van der Waals surface area contributed by atoms with Gasteiger partial charge < -0.3 is 5.73 Å². The predicted molar refractivity (Wildman–Crippen MR) is 84.3 cm³/mol. The molecule has 1 heterocycles. The number of anilines is 1. The highest BCUT2D eigenvalue weighted by molar-refractivity contribution is 5.39. The maximum Gasteiger partial charge on any atom is 0.0314 e. The van der Waals surface area contributed by atoms with E-state index in [0.29, 0.717) is 6.04 Å². The van der Waals surface area contributed by atoms with Crippen LogP contribution in [0.25, 0.3) is 0 Å². The molecule has 0 spiro atoms. The van der Waals surface area contributed by atoms with E-state index in [0.717, 1.165) is 25.2 Å². The summed E-state index contributed by atoms with van der Waals surface area (Å²) in [5.41, 5.74) is 9.20. The van der Waals surface area contributed by atoms with Crippen molar-refractivity contribution in [1.82, 2.24) is 9.88 Å². The number of aromatic nitrogens is 1. The molecule has 0 fully saturated rings. The van der Waals surface area contributed by atoms with E-state index in [1.54, 1.807) is 0 Å². The number of nitrogens with two attached hydrogens (primary N) is 1. The average molecular weight is 269 g/mol. The van der Waals surface area contributed by atoms with E-state index < -0.39 is 0 Å². The molecule has 0 aliphatic heterocycles. The molecule has 0 radical (unpaired) electrons. The first kappa shape index (κ1) is 14.5.